The van der Waals surface area contributed by atoms with Crippen LogP contribution in [0.1, 0.15) is 76.1 Å². The molecule has 2 aliphatic rings. The number of carbonyl (C=O) groups excluding carboxylic acids is 3. The highest BCUT2D eigenvalue weighted by Crippen LogP contribution is 2.42. The second-order valence-corrected chi connectivity index (χ2v) is 8.08. The molecule has 1 atom stereocenters. The Morgan fingerprint density at radius 2 is 1.60 bits per heavy atom. The molecule has 7 heteroatoms. The predicted octanol–water partition coefficient (Wildman–Crippen LogP) is 2.28. The van der Waals surface area contributed by atoms with E-state index in [0.29, 0.717) is 18.9 Å². The van der Waals surface area contributed by atoms with E-state index < -0.39 is 29.2 Å². The van der Waals surface area contributed by atoms with E-state index in [1.807, 2.05) is 0 Å². The van der Waals surface area contributed by atoms with Crippen molar-refractivity contribution >= 4 is 17.5 Å². The first-order chi connectivity index (χ1) is 14.3. The molecule has 0 spiro atoms. The molecule has 0 radical (unpaired) electrons. The summed E-state index contributed by atoms with van der Waals surface area (Å²) in [7, 11) is 0. The van der Waals surface area contributed by atoms with Gasteiger partial charge >= 0.3 is 5.97 Å². The third-order valence-electron chi connectivity index (χ3n) is 6.09. The summed E-state index contributed by atoms with van der Waals surface area (Å²) in [4.78, 5) is 38.3. The van der Waals surface area contributed by atoms with Crippen molar-refractivity contribution in [3.8, 4) is 11.5 Å². The largest absolute Gasteiger partial charge is 0.507 e. The fraction of sp³-hybridized carbons (Fsp3) is 0.348. The van der Waals surface area contributed by atoms with Crippen LogP contribution >= 0.6 is 0 Å². The number of hydrogen-bond donors (Lipinski definition) is 3. The molecule has 0 aliphatic heterocycles. The molecule has 0 amide bonds. The van der Waals surface area contributed by atoms with Gasteiger partial charge in [0.1, 0.15) is 17.6 Å². The lowest BCUT2D eigenvalue weighted by atomic mass is 9.81. The Balaban J connectivity index is 1.66. The third kappa shape index (κ3) is 3.25. The highest BCUT2D eigenvalue weighted by atomic mass is 16.5. The molecule has 30 heavy (non-hydrogen) atoms. The van der Waals surface area contributed by atoms with Crippen LogP contribution in [0, 0.1) is 5.92 Å². The molecule has 5 N–H and O–H groups in total. The van der Waals surface area contributed by atoms with E-state index in [2.05, 4.69) is 5.73 Å². The van der Waals surface area contributed by atoms with Gasteiger partial charge in [-0.3, -0.25) is 14.4 Å². The lowest BCUT2D eigenvalue weighted by Crippen LogP contribution is -2.62. The summed E-state index contributed by atoms with van der Waals surface area (Å²) in [5, 5.41) is 21.3. The van der Waals surface area contributed by atoms with Crippen LogP contribution in [0.15, 0.2) is 30.3 Å². The molecule has 7 nitrogen and oxygen atoms in total. The van der Waals surface area contributed by atoms with Crippen molar-refractivity contribution in [3.05, 3.63) is 58.1 Å². The van der Waals surface area contributed by atoms with Gasteiger partial charge in [0.05, 0.1) is 23.1 Å². The molecule has 2 aromatic rings. The number of aromatic hydroxyl groups is 2. The number of quaternary nitrogens is 1. The smallest absolute Gasteiger partial charge is 0.309 e. The first kappa shape index (κ1) is 20.1. The average Bonchev–Trinajstić information content (AvgIpc) is 2.73. The number of carbonyl (C=O) groups is 3. The standard InChI is InChI=1S/C23H23NO6/c1-11(30-23(29)12-6-8-13(24)9-7-12)16-10-17(25)18-19(22(16)28)21(27)15-5-3-2-4-14(15)20(18)26/h2-5,10-13,25,28H,6-9,24H2,1H3/p+1. The van der Waals surface area contributed by atoms with E-state index in [1.165, 1.54) is 18.2 Å². The zero-order valence-corrected chi connectivity index (χ0v) is 16.7. The van der Waals surface area contributed by atoms with Crippen LogP contribution in [0.3, 0.4) is 0 Å². The van der Waals surface area contributed by atoms with Gasteiger partial charge in [-0.15, -0.1) is 0 Å². The van der Waals surface area contributed by atoms with Gasteiger partial charge in [0, 0.05) is 29.5 Å². The molecule has 0 bridgehead atoms. The van der Waals surface area contributed by atoms with Crippen molar-refractivity contribution in [2.45, 2.75) is 44.8 Å². The van der Waals surface area contributed by atoms with E-state index in [1.54, 1.807) is 19.1 Å². The minimum Gasteiger partial charge on any atom is -0.507 e. The summed E-state index contributed by atoms with van der Waals surface area (Å²) < 4.78 is 5.54. The predicted molar refractivity (Wildman–Crippen MR) is 106 cm³/mol. The van der Waals surface area contributed by atoms with Gasteiger partial charge in [0.2, 0.25) is 0 Å². The summed E-state index contributed by atoms with van der Waals surface area (Å²) in [5.41, 5.74) is 3.96. The Bertz CT molecular complexity index is 1050. The molecule has 2 aromatic carbocycles. The maximum Gasteiger partial charge on any atom is 0.309 e. The molecule has 4 rings (SSSR count). The molecule has 0 saturated heterocycles. The number of esters is 1. The molecule has 1 fully saturated rings. The topological polar surface area (TPSA) is 129 Å². The Morgan fingerprint density at radius 1 is 1.03 bits per heavy atom. The number of phenolic OH excluding ortho intramolecular Hbond substituents is 2. The molecule has 1 unspecified atom stereocenters. The van der Waals surface area contributed by atoms with Crippen molar-refractivity contribution in [1.29, 1.82) is 0 Å². The monoisotopic (exact) mass is 410 g/mol. The fourth-order valence-electron chi connectivity index (χ4n) is 4.32. The molecular formula is C23H24NO6+. The zero-order chi connectivity index (χ0) is 21.6. The Labute approximate surface area is 173 Å². The molecular weight excluding hydrogens is 386 g/mol. The third-order valence-corrected chi connectivity index (χ3v) is 6.09. The zero-order valence-electron chi connectivity index (χ0n) is 16.7. The van der Waals surface area contributed by atoms with Gasteiger partial charge in [0.25, 0.3) is 0 Å². The molecule has 0 aromatic heterocycles. The highest BCUT2D eigenvalue weighted by molar-refractivity contribution is 6.30. The van der Waals surface area contributed by atoms with Crippen LogP contribution < -0.4 is 5.73 Å². The Morgan fingerprint density at radius 3 is 2.20 bits per heavy atom. The maximum atomic E-state index is 13.0. The second kappa shape index (κ2) is 7.57. The first-order valence-electron chi connectivity index (χ1n) is 10.1. The first-order valence-corrected chi connectivity index (χ1v) is 10.1. The van der Waals surface area contributed by atoms with Crippen molar-refractivity contribution < 1.29 is 35.1 Å². The maximum absolute atomic E-state index is 13.0. The number of hydrogen-bond acceptors (Lipinski definition) is 6. The van der Waals surface area contributed by atoms with Crippen molar-refractivity contribution in [2.75, 3.05) is 0 Å². The van der Waals surface area contributed by atoms with Crippen molar-refractivity contribution in [2.24, 2.45) is 5.92 Å². The Hall–Kier alpha value is -3.19. The highest BCUT2D eigenvalue weighted by Gasteiger charge is 2.37. The van der Waals surface area contributed by atoms with Crippen LogP contribution in [0.4, 0.5) is 0 Å². The lowest BCUT2D eigenvalue weighted by Gasteiger charge is -2.26. The van der Waals surface area contributed by atoms with Crippen LogP contribution in [0.5, 0.6) is 11.5 Å². The van der Waals surface area contributed by atoms with Crippen LogP contribution in [0.25, 0.3) is 0 Å². The summed E-state index contributed by atoms with van der Waals surface area (Å²) >= 11 is 0. The number of ether oxygens (including phenoxy) is 1. The summed E-state index contributed by atoms with van der Waals surface area (Å²) in [5.74, 6) is -2.56. The number of rotatable bonds is 3. The second-order valence-electron chi connectivity index (χ2n) is 8.08. The minimum absolute atomic E-state index is 0.0889. The van der Waals surface area contributed by atoms with E-state index in [0.717, 1.165) is 12.8 Å². The summed E-state index contributed by atoms with van der Waals surface area (Å²) in [6.45, 7) is 1.56. The van der Waals surface area contributed by atoms with E-state index in [-0.39, 0.29) is 39.7 Å². The molecule has 0 heterocycles. The summed E-state index contributed by atoms with van der Waals surface area (Å²) in [6, 6.07) is 7.81. The fourth-order valence-corrected chi connectivity index (χ4v) is 4.32. The van der Waals surface area contributed by atoms with Gasteiger partial charge < -0.3 is 20.7 Å². The van der Waals surface area contributed by atoms with Crippen LogP contribution in [-0.2, 0) is 9.53 Å². The van der Waals surface area contributed by atoms with E-state index in [9.17, 15) is 24.6 Å². The van der Waals surface area contributed by atoms with Gasteiger partial charge in [0.15, 0.2) is 11.6 Å². The number of phenols is 2. The van der Waals surface area contributed by atoms with Gasteiger partial charge in [-0.25, -0.2) is 0 Å². The number of ketones is 2. The van der Waals surface area contributed by atoms with E-state index in [4.69, 9.17) is 4.74 Å². The Kier molecular flexibility index (Phi) is 5.07. The van der Waals surface area contributed by atoms with Crippen molar-refractivity contribution in [1.82, 2.24) is 0 Å². The SMILES string of the molecule is CC(OC(=O)C1CCC([NH3+])CC1)c1cc(O)c2c(c1O)C(=O)c1ccccc1C2=O. The molecule has 2 aliphatic carbocycles. The number of fused-ring (bicyclic) bond motifs is 2. The minimum atomic E-state index is -0.897. The quantitative estimate of drug-likeness (QED) is 0.449. The number of benzene rings is 2. The van der Waals surface area contributed by atoms with Crippen LogP contribution in [-0.4, -0.2) is 33.8 Å². The molecule has 156 valence electrons. The molecule has 1 saturated carbocycles. The van der Waals surface area contributed by atoms with Gasteiger partial charge in [-0.1, -0.05) is 24.3 Å². The van der Waals surface area contributed by atoms with Crippen molar-refractivity contribution in [3.63, 3.8) is 0 Å². The van der Waals surface area contributed by atoms with Gasteiger partial charge in [-0.2, -0.15) is 0 Å². The van der Waals surface area contributed by atoms with Crippen LogP contribution in [0.2, 0.25) is 0 Å². The van der Waals surface area contributed by atoms with Gasteiger partial charge in [-0.05, 0) is 25.8 Å². The summed E-state index contributed by atoms with van der Waals surface area (Å²) in [6.07, 6.45) is 2.21. The average molecular weight is 410 g/mol. The normalized spacial score (nSPS) is 21.5. The lowest BCUT2D eigenvalue weighted by molar-refractivity contribution is -0.426. The van der Waals surface area contributed by atoms with E-state index >= 15 is 0 Å².